The number of rotatable bonds is 5. The molecule has 0 spiro atoms. The van der Waals surface area contributed by atoms with E-state index < -0.39 is 0 Å². The summed E-state index contributed by atoms with van der Waals surface area (Å²) in [6.45, 7) is 1.49. The highest BCUT2D eigenvalue weighted by Crippen LogP contribution is 2.24. The monoisotopic (exact) mass is 257 g/mol. The largest absolute Gasteiger partial charge is 0.383 e. The Morgan fingerprint density at radius 3 is 2.74 bits per heavy atom. The van der Waals surface area contributed by atoms with Gasteiger partial charge < -0.3 is 10.1 Å². The van der Waals surface area contributed by atoms with Gasteiger partial charge in [-0.25, -0.2) is 0 Å². The first-order valence-electron chi connectivity index (χ1n) is 6.70. The zero-order chi connectivity index (χ0) is 13.1. The molecule has 100 valence electrons. The Hall–Kier alpha value is -1.81. The van der Waals surface area contributed by atoms with Crippen molar-refractivity contribution < 1.29 is 4.74 Å². The fourth-order valence-corrected chi connectivity index (χ4v) is 2.64. The average molecular weight is 257 g/mol. The maximum Gasteiger partial charge on any atom is 0.0728 e. The van der Waals surface area contributed by atoms with Crippen LogP contribution < -0.4 is 5.32 Å². The van der Waals surface area contributed by atoms with Crippen molar-refractivity contribution in [3.05, 3.63) is 47.8 Å². The third-order valence-corrected chi connectivity index (χ3v) is 3.58. The van der Waals surface area contributed by atoms with Crippen molar-refractivity contribution in [2.75, 3.05) is 19.0 Å². The van der Waals surface area contributed by atoms with Gasteiger partial charge in [0.15, 0.2) is 0 Å². The predicted octanol–water partition coefficient (Wildman–Crippen LogP) is 2.11. The molecule has 0 saturated heterocycles. The molecule has 0 radical (unpaired) electrons. The van der Waals surface area contributed by atoms with Crippen LogP contribution in [0.5, 0.6) is 0 Å². The van der Waals surface area contributed by atoms with Gasteiger partial charge >= 0.3 is 0 Å². The number of aromatic nitrogens is 2. The Labute approximate surface area is 113 Å². The number of benzene rings is 1. The first-order valence-corrected chi connectivity index (χ1v) is 6.70. The highest BCUT2D eigenvalue weighted by Gasteiger charge is 2.20. The molecule has 4 heteroatoms. The van der Waals surface area contributed by atoms with E-state index in [0.717, 1.165) is 25.1 Å². The summed E-state index contributed by atoms with van der Waals surface area (Å²) >= 11 is 0. The summed E-state index contributed by atoms with van der Waals surface area (Å²) in [5.74, 6) is 0. The lowest BCUT2D eigenvalue weighted by molar-refractivity contribution is 0.183. The smallest absolute Gasteiger partial charge is 0.0728 e. The normalized spacial score (nSPS) is 14.6. The molecular formula is C15H19N3O. The van der Waals surface area contributed by atoms with Crippen molar-refractivity contribution in [1.29, 1.82) is 0 Å². The van der Waals surface area contributed by atoms with Crippen LogP contribution in [0, 0.1) is 0 Å². The molecular weight excluding hydrogens is 238 g/mol. The average Bonchev–Trinajstić information content (AvgIpc) is 3.02. The van der Waals surface area contributed by atoms with Crippen LogP contribution in [0.4, 0.5) is 5.69 Å². The fraction of sp³-hybridized carbons (Fsp3) is 0.400. The number of hydrogen-bond acceptors (Lipinski definition) is 3. The molecule has 1 aliphatic carbocycles. The van der Waals surface area contributed by atoms with E-state index in [0.29, 0.717) is 12.6 Å². The number of ether oxygens (including phenoxy) is 1. The van der Waals surface area contributed by atoms with Crippen molar-refractivity contribution in [2.24, 2.45) is 0 Å². The van der Waals surface area contributed by atoms with Crippen LogP contribution in [0.1, 0.15) is 11.1 Å². The van der Waals surface area contributed by atoms with Gasteiger partial charge in [0.1, 0.15) is 0 Å². The Morgan fingerprint density at radius 2 is 2.05 bits per heavy atom. The third kappa shape index (κ3) is 2.79. The van der Waals surface area contributed by atoms with E-state index in [1.54, 1.807) is 7.11 Å². The molecule has 0 atom stereocenters. The van der Waals surface area contributed by atoms with Gasteiger partial charge in [-0.1, -0.05) is 24.3 Å². The van der Waals surface area contributed by atoms with Gasteiger partial charge in [-0.2, -0.15) is 5.10 Å². The fourth-order valence-electron chi connectivity index (χ4n) is 2.64. The topological polar surface area (TPSA) is 39.1 Å². The molecule has 0 unspecified atom stereocenters. The number of nitrogens with one attached hydrogen (secondary N) is 1. The minimum absolute atomic E-state index is 0.484. The highest BCUT2D eigenvalue weighted by molar-refractivity contribution is 5.43. The summed E-state index contributed by atoms with van der Waals surface area (Å²) in [6.07, 6.45) is 6.12. The van der Waals surface area contributed by atoms with Gasteiger partial charge in [-0.3, -0.25) is 4.68 Å². The second kappa shape index (κ2) is 5.45. The van der Waals surface area contributed by atoms with Crippen molar-refractivity contribution in [2.45, 2.75) is 25.4 Å². The van der Waals surface area contributed by atoms with Gasteiger partial charge in [0, 0.05) is 19.3 Å². The Bertz CT molecular complexity index is 525. The molecule has 19 heavy (non-hydrogen) atoms. The first-order chi connectivity index (χ1) is 9.35. The standard InChI is InChI=1S/C15H19N3O/c1-19-7-6-18-11-15(10-16-18)17-14-8-12-4-2-3-5-13(12)9-14/h2-5,10-11,14,17H,6-9H2,1H3. The second-order valence-electron chi connectivity index (χ2n) is 5.00. The van der Waals surface area contributed by atoms with E-state index in [4.69, 9.17) is 4.74 Å². The van der Waals surface area contributed by atoms with E-state index in [1.807, 2.05) is 17.1 Å². The summed E-state index contributed by atoms with van der Waals surface area (Å²) in [5.41, 5.74) is 4.02. The van der Waals surface area contributed by atoms with Crippen molar-refractivity contribution in [3.8, 4) is 0 Å². The van der Waals surface area contributed by atoms with E-state index in [-0.39, 0.29) is 0 Å². The summed E-state index contributed by atoms with van der Waals surface area (Å²) in [7, 11) is 1.71. The summed E-state index contributed by atoms with van der Waals surface area (Å²) < 4.78 is 6.96. The van der Waals surface area contributed by atoms with E-state index >= 15 is 0 Å². The molecule has 1 N–H and O–H groups in total. The quantitative estimate of drug-likeness (QED) is 0.891. The van der Waals surface area contributed by atoms with Crippen molar-refractivity contribution in [1.82, 2.24) is 9.78 Å². The number of fused-ring (bicyclic) bond motifs is 1. The van der Waals surface area contributed by atoms with Crippen molar-refractivity contribution >= 4 is 5.69 Å². The molecule has 1 aromatic heterocycles. The number of nitrogens with zero attached hydrogens (tertiary/aromatic N) is 2. The van der Waals surface area contributed by atoms with Gasteiger partial charge in [0.2, 0.25) is 0 Å². The lowest BCUT2D eigenvalue weighted by Gasteiger charge is -2.10. The maximum absolute atomic E-state index is 5.05. The zero-order valence-corrected chi connectivity index (χ0v) is 11.2. The molecule has 2 aromatic rings. The Kier molecular flexibility index (Phi) is 3.51. The van der Waals surface area contributed by atoms with Crippen LogP contribution in [0.2, 0.25) is 0 Å². The minimum atomic E-state index is 0.484. The maximum atomic E-state index is 5.05. The third-order valence-electron chi connectivity index (χ3n) is 3.58. The molecule has 1 aliphatic rings. The van der Waals surface area contributed by atoms with Crippen LogP contribution in [0.25, 0.3) is 0 Å². The first kappa shape index (κ1) is 12.2. The SMILES string of the molecule is COCCn1cc(NC2Cc3ccccc3C2)cn1. The second-order valence-corrected chi connectivity index (χ2v) is 5.00. The van der Waals surface area contributed by atoms with E-state index in [9.17, 15) is 0 Å². The number of methoxy groups -OCH3 is 1. The van der Waals surface area contributed by atoms with E-state index in [2.05, 4.69) is 34.7 Å². The minimum Gasteiger partial charge on any atom is -0.383 e. The summed E-state index contributed by atoms with van der Waals surface area (Å²) in [4.78, 5) is 0. The molecule has 1 aromatic carbocycles. The zero-order valence-electron chi connectivity index (χ0n) is 11.2. The molecule has 1 heterocycles. The lowest BCUT2D eigenvalue weighted by atomic mass is 10.1. The Balaban J connectivity index is 1.60. The van der Waals surface area contributed by atoms with Crippen molar-refractivity contribution in [3.63, 3.8) is 0 Å². The highest BCUT2D eigenvalue weighted by atomic mass is 16.5. The molecule has 0 saturated carbocycles. The van der Waals surface area contributed by atoms with Gasteiger partial charge in [0.05, 0.1) is 25.0 Å². The Morgan fingerprint density at radius 1 is 1.32 bits per heavy atom. The van der Waals surface area contributed by atoms with Crippen LogP contribution >= 0.6 is 0 Å². The molecule has 0 fully saturated rings. The van der Waals surface area contributed by atoms with Gasteiger partial charge in [-0.05, 0) is 24.0 Å². The molecule has 0 aliphatic heterocycles. The van der Waals surface area contributed by atoms with Crippen LogP contribution in [-0.4, -0.2) is 29.5 Å². The van der Waals surface area contributed by atoms with Crippen LogP contribution in [0.15, 0.2) is 36.7 Å². The molecule has 0 bridgehead atoms. The van der Waals surface area contributed by atoms with Gasteiger partial charge in [0.25, 0.3) is 0 Å². The van der Waals surface area contributed by atoms with Crippen LogP contribution in [0.3, 0.4) is 0 Å². The molecule has 0 amide bonds. The van der Waals surface area contributed by atoms with E-state index in [1.165, 1.54) is 11.1 Å². The van der Waals surface area contributed by atoms with Gasteiger partial charge in [-0.15, -0.1) is 0 Å². The molecule has 4 nitrogen and oxygen atoms in total. The lowest BCUT2D eigenvalue weighted by Crippen LogP contribution is -2.19. The van der Waals surface area contributed by atoms with Crippen LogP contribution in [-0.2, 0) is 24.1 Å². The predicted molar refractivity (Wildman–Crippen MR) is 75.4 cm³/mol. The number of anilines is 1. The summed E-state index contributed by atoms with van der Waals surface area (Å²) in [6, 6.07) is 9.16. The number of hydrogen-bond donors (Lipinski definition) is 1. The summed E-state index contributed by atoms with van der Waals surface area (Å²) in [5, 5.41) is 7.88. The molecule has 3 rings (SSSR count).